The maximum absolute atomic E-state index is 12.8. The van der Waals surface area contributed by atoms with Crippen LogP contribution in [0.15, 0.2) is 65.8 Å². The van der Waals surface area contributed by atoms with Gasteiger partial charge in [0, 0.05) is 11.5 Å². The van der Waals surface area contributed by atoms with Crippen molar-refractivity contribution in [2.24, 2.45) is 23.7 Å². The minimum Gasteiger partial charge on any atom is -0.423 e. The minimum absolute atomic E-state index is 0.193. The third-order valence-electron chi connectivity index (χ3n) is 5.78. The predicted octanol–water partition coefficient (Wildman–Crippen LogP) is 5.54. The number of benzene rings is 2. The molecule has 0 radical (unpaired) electrons. The number of esters is 1. The van der Waals surface area contributed by atoms with E-state index in [0.717, 1.165) is 22.8 Å². The first kappa shape index (κ1) is 16.1. The fourth-order valence-corrected chi connectivity index (χ4v) is 4.29. The second-order valence-corrected chi connectivity index (χ2v) is 7.71. The first-order chi connectivity index (χ1) is 12.0. The topological polar surface area (TPSA) is 26.3 Å². The summed E-state index contributed by atoms with van der Waals surface area (Å²) < 4.78 is 5.74. The number of hydrogen-bond donors (Lipinski definition) is 0. The van der Waals surface area contributed by atoms with Crippen LogP contribution in [-0.2, 0) is 4.79 Å². The van der Waals surface area contributed by atoms with Crippen molar-refractivity contribution < 1.29 is 9.53 Å². The van der Waals surface area contributed by atoms with Crippen LogP contribution in [0.2, 0.25) is 0 Å². The predicted molar refractivity (Wildman–Crippen MR) is 101 cm³/mol. The number of fused-ring (bicyclic) bond motifs is 2. The molecule has 5 rings (SSSR count). The summed E-state index contributed by atoms with van der Waals surface area (Å²) in [5.74, 6) is 2.09. The molecule has 0 aromatic heterocycles. The van der Waals surface area contributed by atoms with Crippen LogP contribution in [0.5, 0.6) is 5.75 Å². The smallest absolute Gasteiger partial charge is 0.339 e. The summed E-state index contributed by atoms with van der Waals surface area (Å²) in [6, 6.07) is 13.9. The second kappa shape index (κ2) is 6.18. The lowest BCUT2D eigenvalue weighted by atomic mass is 9.63. The average molecular weight is 332 g/mol. The highest BCUT2D eigenvalue weighted by Gasteiger charge is 2.40. The van der Waals surface area contributed by atoms with Gasteiger partial charge in [0.2, 0.25) is 0 Å². The van der Waals surface area contributed by atoms with Crippen molar-refractivity contribution in [2.45, 2.75) is 27.2 Å². The van der Waals surface area contributed by atoms with E-state index in [9.17, 15) is 4.79 Å². The van der Waals surface area contributed by atoms with Crippen LogP contribution >= 0.6 is 0 Å². The third kappa shape index (κ3) is 2.90. The molecule has 25 heavy (non-hydrogen) atoms. The zero-order valence-corrected chi connectivity index (χ0v) is 15.0. The Morgan fingerprint density at radius 3 is 2.56 bits per heavy atom. The van der Waals surface area contributed by atoms with Gasteiger partial charge in [0.15, 0.2) is 0 Å². The van der Waals surface area contributed by atoms with E-state index in [1.165, 1.54) is 5.57 Å². The van der Waals surface area contributed by atoms with Crippen LogP contribution in [0, 0.1) is 23.7 Å². The van der Waals surface area contributed by atoms with Gasteiger partial charge in [0.05, 0.1) is 0 Å². The van der Waals surface area contributed by atoms with Crippen molar-refractivity contribution >= 4 is 16.7 Å². The number of hydrogen-bond acceptors (Lipinski definition) is 2. The van der Waals surface area contributed by atoms with Crippen LogP contribution in [0.4, 0.5) is 0 Å². The average Bonchev–Trinajstić information content (AvgIpc) is 2.61. The Labute approximate surface area is 149 Å². The van der Waals surface area contributed by atoms with Crippen molar-refractivity contribution in [1.82, 2.24) is 0 Å². The Morgan fingerprint density at radius 2 is 1.84 bits per heavy atom. The number of allylic oxidation sites excluding steroid dienone is 3. The molecule has 2 aromatic rings. The molecule has 0 amide bonds. The molecule has 3 atom stereocenters. The summed E-state index contributed by atoms with van der Waals surface area (Å²) in [4.78, 5) is 12.8. The van der Waals surface area contributed by atoms with Crippen molar-refractivity contribution in [3.63, 3.8) is 0 Å². The Hall–Kier alpha value is -2.35. The van der Waals surface area contributed by atoms with E-state index in [4.69, 9.17) is 4.74 Å². The first-order valence-electron chi connectivity index (χ1n) is 9.14. The van der Waals surface area contributed by atoms with E-state index in [1.54, 1.807) is 0 Å². The summed E-state index contributed by atoms with van der Waals surface area (Å²) in [5.41, 5.74) is 2.23. The molecule has 0 aliphatic heterocycles. The number of rotatable bonds is 3. The van der Waals surface area contributed by atoms with Gasteiger partial charge < -0.3 is 4.74 Å². The van der Waals surface area contributed by atoms with Gasteiger partial charge in [-0.25, -0.2) is 4.79 Å². The van der Waals surface area contributed by atoms with Gasteiger partial charge in [-0.2, -0.15) is 0 Å². The molecule has 0 saturated carbocycles. The summed E-state index contributed by atoms with van der Waals surface area (Å²) >= 11 is 0. The quantitative estimate of drug-likeness (QED) is 0.419. The van der Waals surface area contributed by atoms with Crippen molar-refractivity contribution in [2.75, 3.05) is 0 Å². The number of carbonyl (C=O) groups is 1. The Bertz CT molecular complexity index is 888. The van der Waals surface area contributed by atoms with Gasteiger partial charge in [-0.05, 0) is 54.0 Å². The Balaban J connectivity index is 1.59. The Kier molecular flexibility index (Phi) is 3.99. The normalized spacial score (nSPS) is 25.0. The third-order valence-corrected chi connectivity index (χ3v) is 5.78. The first-order valence-corrected chi connectivity index (χ1v) is 9.14. The SMILES string of the molecule is CC1=CC2C(C(=O)Oc3ccc4ccccc4c3)=CC1C[C@@H]2C(C)C. The molecule has 2 heteroatoms. The zero-order chi connectivity index (χ0) is 17.6. The van der Waals surface area contributed by atoms with Gasteiger partial charge in [-0.1, -0.05) is 61.9 Å². The van der Waals surface area contributed by atoms with Gasteiger partial charge in [-0.3, -0.25) is 0 Å². The van der Waals surface area contributed by atoms with Gasteiger partial charge in [0.1, 0.15) is 5.75 Å². The van der Waals surface area contributed by atoms with E-state index < -0.39 is 0 Å². The summed E-state index contributed by atoms with van der Waals surface area (Å²) in [6.07, 6.45) is 5.58. The maximum atomic E-state index is 12.8. The van der Waals surface area contributed by atoms with E-state index in [-0.39, 0.29) is 11.9 Å². The highest BCUT2D eigenvalue weighted by Crippen LogP contribution is 2.46. The highest BCUT2D eigenvalue weighted by molar-refractivity contribution is 5.93. The van der Waals surface area contributed by atoms with Gasteiger partial charge >= 0.3 is 5.97 Å². The summed E-state index contributed by atoms with van der Waals surface area (Å²) in [5, 5.41) is 2.24. The fraction of sp³-hybridized carbons (Fsp3) is 0.348. The second-order valence-electron chi connectivity index (χ2n) is 7.71. The molecular formula is C23H24O2. The minimum atomic E-state index is -0.195. The molecule has 0 N–H and O–H groups in total. The van der Waals surface area contributed by atoms with Crippen molar-refractivity contribution in [1.29, 1.82) is 0 Å². The van der Waals surface area contributed by atoms with E-state index >= 15 is 0 Å². The highest BCUT2D eigenvalue weighted by atomic mass is 16.5. The van der Waals surface area contributed by atoms with Crippen LogP contribution in [0.1, 0.15) is 27.2 Å². The molecule has 3 aliphatic rings. The molecule has 0 fully saturated rings. The monoisotopic (exact) mass is 332 g/mol. The van der Waals surface area contributed by atoms with E-state index in [0.29, 0.717) is 23.5 Å². The molecule has 3 aliphatic carbocycles. The summed E-state index contributed by atoms with van der Waals surface area (Å²) in [6.45, 7) is 6.68. The molecule has 0 heterocycles. The van der Waals surface area contributed by atoms with Crippen LogP contribution < -0.4 is 4.74 Å². The lowest BCUT2D eigenvalue weighted by Crippen LogP contribution is -2.36. The standard InChI is InChI=1S/C23H24O2/c1-14(2)20-12-18-13-22(21(20)10-15(18)3)23(24)25-19-9-8-16-6-4-5-7-17(16)11-19/h4-11,13-14,18,20-21H,12H2,1-3H3/t18?,20-,21?/m1/s1. The van der Waals surface area contributed by atoms with Crippen molar-refractivity contribution in [3.05, 3.63) is 65.8 Å². The molecule has 128 valence electrons. The van der Waals surface area contributed by atoms with Crippen LogP contribution in [0.3, 0.4) is 0 Å². The molecule has 2 unspecified atom stereocenters. The molecule has 0 saturated heterocycles. The summed E-state index contributed by atoms with van der Waals surface area (Å²) in [7, 11) is 0. The largest absolute Gasteiger partial charge is 0.423 e. The number of carbonyl (C=O) groups excluding carboxylic acids is 1. The van der Waals surface area contributed by atoms with E-state index in [2.05, 4.69) is 39.0 Å². The van der Waals surface area contributed by atoms with Gasteiger partial charge in [0.25, 0.3) is 0 Å². The number of ether oxygens (including phenoxy) is 1. The molecule has 2 nitrogen and oxygen atoms in total. The molecular weight excluding hydrogens is 308 g/mol. The lowest BCUT2D eigenvalue weighted by molar-refractivity contribution is -0.131. The lowest BCUT2D eigenvalue weighted by Gasteiger charge is -2.41. The fourth-order valence-electron chi connectivity index (χ4n) is 4.29. The van der Waals surface area contributed by atoms with Crippen molar-refractivity contribution in [3.8, 4) is 5.75 Å². The zero-order valence-electron chi connectivity index (χ0n) is 15.0. The molecule has 0 spiro atoms. The van der Waals surface area contributed by atoms with Crippen LogP contribution in [0.25, 0.3) is 10.8 Å². The van der Waals surface area contributed by atoms with Gasteiger partial charge in [-0.15, -0.1) is 0 Å². The van der Waals surface area contributed by atoms with Crippen LogP contribution in [-0.4, -0.2) is 5.97 Å². The molecule has 2 bridgehead atoms. The maximum Gasteiger partial charge on any atom is 0.339 e. The van der Waals surface area contributed by atoms with E-state index in [1.807, 2.05) is 36.4 Å². The Morgan fingerprint density at radius 1 is 1.08 bits per heavy atom. The molecule has 2 aromatic carbocycles.